The summed E-state index contributed by atoms with van der Waals surface area (Å²) in [7, 11) is -3.62. The van der Waals surface area contributed by atoms with Crippen LogP contribution in [-0.4, -0.2) is 41.0 Å². The fourth-order valence-corrected chi connectivity index (χ4v) is 4.53. The molecule has 0 radical (unpaired) electrons. The van der Waals surface area contributed by atoms with Gasteiger partial charge in [0, 0.05) is 25.3 Å². The van der Waals surface area contributed by atoms with Crippen LogP contribution in [0.3, 0.4) is 0 Å². The predicted octanol–water partition coefficient (Wildman–Crippen LogP) is 2.16. The van der Waals surface area contributed by atoms with Crippen LogP contribution in [0.1, 0.15) is 50.0 Å². The Labute approximate surface area is 125 Å². The van der Waals surface area contributed by atoms with Gasteiger partial charge in [0.15, 0.2) is 0 Å². The molecule has 2 rings (SSSR count). The first-order chi connectivity index (χ1) is 9.87. The number of carbonyl (C=O) groups is 1. The maximum Gasteiger partial charge on any atom is 0.352 e. The van der Waals surface area contributed by atoms with Gasteiger partial charge in [-0.05, 0) is 32.3 Å². The molecule has 0 saturated carbocycles. The minimum absolute atomic E-state index is 0.0279. The average molecular weight is 314 g/mol. The topological polar surface area (TPSA) is 79.6 Å². The number of carboxylic acid groups (broad SMARTS) is 1. The molecule has 0 spiro atoms. The summed E-state index contributed by atoms with van der Waals surface area (Å²) in [5.41, 5.74) is 0.0279. The zero-order valence-corrected chi connectivity index (χ0v) is 13.3. The molecule has 0 aliphatic carbocycles. The first kappa shape index (κ1) is 16.0. The molecule has 1 saturated heterocycles. The molecule has 1 atom stereocenters. The van der Waals surface area contributed by atoms with Crippen molar-refractivity contribution in [2.24, 2.45) is 0 Å². The van der Waals surface area contributed by atoms with E-state index in [0.717, 1.165) is 25.7 Å². The van der Waals surface area contributed by atoms with E-state index in [2.05, 4.69) is 0 Å². The highest BCUT2D eigenvalue weighted by atomic mass is 32.2. The Morgan fingerprint density at radius 2 is 2.14 bits per heavy atom. The van der Waals surface area contributed by atoms with Crippen LogP contribution in [0.2, 0.25) is 0 Å². The molecule has 1 aromatic rings. The Balaban J connectivity index is 2.40. The van der Waals surface area contributed by atoms with Gasteiger partial charge in [-0.25, -0.2) is 13.2 Å². The van der Waals surface area contributed by atoms with E-state index in [-0.39, 0.29) is 16.6 Å². The number of sulfonamides is 1. The second-order valence-electron chi connectivity index (χ2n) is 5.52. The molecule has 0 aromatic carbocycles. The summed E-state index contributed by atoms with van der Waals surface area (Å²) in [5.74, 6) is -1.10. The standard InChI is InChI=1S/C14H22N2O4S/c1-3-7-15-10-12(9-13(15)14(17)18)21(19,20)16-8-5-4-6-11(16)2/h9-11H,3-8H2,1-2H3,(H,17,18). The molecule has 0 bridgehead atoms. The van der Waals surface area contributed by atoms with E-state index in [1.165, 1.54) is 21.1 Å². The average Bonchev–Trinajstić information content (AvgIpc) is 2.84. The lowest BCUT2D eigenvalue weighted by molar-refractivity contribution is 0.0685. The Morgan fingerprint density at radius 3 is 2.71 bits per heavy atom. The second kappa shape index (κ2) is 6.19. The summed E-state index contributed by atoms with van der Waals surface area (Å²) in [6.07, 6.45) is 4.92. The number of nitrogens with zero attached hydrogens (tertiary/aromatic N) is 2. The predicted molar refractivity (Wildman–Crippen MR) is 78.9 cm³/mol. The van der Waals surface area contributed by atoms with Gasteiger partial charge in [0.1, 0.15) is 10.6 Å². The molecule has 1 fully saturated rings. The first-order valence-electron chi connectivity index (χ1n) is 7.33. The molecule has 7 heteroatoms. The fourth-order valence-electron chi connectivity index (χ4n) is 2.79. The van der Waals surface area contributed by atoms with Crippen molar-refractivity contribution in [2.45, 2.75) is 57.0 Å². The van der Waals surface area contributed by atoms with E-state index >= 15 is 0 Å². The summed E-state index contributed by atoms with van der Waals surface area (Å²) in [6, 6.07) is 1.24. The number of aryl methyl sites for hydroxylation is 1. The summed E-state index contributed by atoms with van der Waals surface area (Å²) in [4.78, 5) is 11.3. The molecular weight excluding hydrogens is 292 g/mol. The normalized spacial score (nSPS) is 20.6. The van der Waals surface area contributed by atoms with Gasteiger partial charge in [-0.1, -0.05) is 13.3 Å². The minimum atomic E-state index is -3.62. The second-order valence-corrected chi connectivity index (χ2v) is 7.41. The highest BCUT2D eigenvalue weighted by Crippen LogP contribution is 2.26. The molecule has 1 unspecified atom stereocenters. The van der Waals surface area contributed by atoms with Crippen molar-refractivity contribution >= 4 is 16.0 Å². The Morgan fingerprint density at radius 1 is 1.43 bits per heavy atom. The Kier molecular flexibility index (Phi) is 4.73. The van der Waals surface area contributed by atoms with Gasteiger partial charge in [-0.15, -0.1) is 0 Å². The van der Waals surface area contributed by atoms with E-state index < -0.39 is 16.0 Å². The number of aromatic nitrogens is 1. The maximum atomic E-state index is 12.7. The van der Waals surface area contributed by atoms with Gasteiger partial charge >= 0.3 is 5.97 Å². The largest absolute Gasteiger partial charge is 0.477 e. The van der Waals surface area contributed by atoms with Gasteiger partial charge in [0.25, 0.3) is 0 Å². The van der Waals surface area contributed by atoms with Crippen molar-refractivity contribution in [1.29, 1.82) is 0 Å². The van der Waals surface area contributed by atoms with E-state index in [1.54, 1.807) is 0 Å². The molecule has 0 amide bonds. The molecule has 21 heavy (non-hydrogen) atoms. The van der Waals surface area contributed by atoms with Crippen LogP contribution in [0.4, 0.5) is 0 Å². The molecule has 1 aliphatic rings. The summed E-state index contributed by atoms with van der Waals surface area (Å²) >= 11 is 0. The maximum absolute atomic E-state index is 12.7. The number of hydrogen-bond donors (Lipinski definition) is 1. The third-order valence-corrected chi connectivity index (χ3v) is 5.88. The van der Waals surface area contributed by atoms with Crippen LogP contribution in [-0.2, 0) is 16.6 Å². The van der Waals surface area contributed by atoms with Crippen molar-refractivity contribution in [1.82, 2.24) is 8.87 Å². The summed E-state index contributed by atoms with van der Waals surface area (Å²) < 4.78 is 28.4. The number of aromatic carboxylic acids is 1. The molecule has 118 valence electrons. The highest BCUT2D eigenvalue weighted by Gasteiger charge is 2.32. The van der Waals surface area contributed by atoms with Crippen LogP contribution < -0.4 is 0 Å². The molecule has 1 aliphatic heterocycles. The van der Waals surface area contributed by atoms with E-state index in [0.29, 0.717) is 13.1 Å². The monoisotopic (exact) mass is 314 g/mol. The van der Waals surface area contributed by atoms with Gasteiger partial charge in [-0.3, -0.25) is 0 Å². The van der Waals surface area contributed by atoms with E-state index in [9.17, 15) is 18.3 Å². The fraction of sp³-hybridized carbons (Fsp3) is 0.643. The van der Waals surface area contributed by atoms with Crippen molar-refractivity contribution in [2.75, 3.05) is 6.54 Å². The number of rotatable bonds is 5. The van der Waals surface area contributed by atoms with Crippen LogP contribution in [0, 0.1) is 0 Å². The van der Waals surface area contributed by atoms with E-state index in [4.69, 9.17) is 0 Å². The van der Waals surface area contributed by atoms with Gasteiger partial charge < -0.3 is 9.67 Å². The highest BCUT2D eigenvalue weighted by molar-refractivity contribution is 7.89. The van der Waals surface area contributed by atoms with Crippen molar-refractivity contribution < 1.29 is 18.3 Å². The third kappa shape index (κ3) is 3.13. The lowest BCUT2D eigenvalue weighted by atomic mass is 10.1. The Bertz CT molecular complexity index is 621. The van der Waals surface area contributed by atoms with Crippen molar-refractivity contribution in [3.8, 4) is 0 Å². The van der Waals surface area contributed by atoms with Gasteiger partial charge in [-0.2, -0.15) is 4.31 Å². The molecule has 1 aromatic heterocycles. The first-order valence-corrected chi connectivity index (χ1v) is 8.77. The smallest absolute Gasteiger partial charge is 0.352 e. The van der Waals surface area contributed by atoms with E-state index in [1.807, 2.05) is 13.8 Å². The number of piperidine rings is 1. The summed E-state index contributed by atoms with van der Waals surface area (Å²) in [6.45, 7) is 4.82. The lowest BCUT2D eigenvalue weighted by Gasteiger charge is -2.31. The SMILES string of the molecule is CCCn1cc(S(=O)(=O)N2CCCCC2C)cc1C(=O)O. The van der Waals surface area contributed by atoms with Crippen LogP contribution in [0.25, 0.3) is 0 Å². The third-order valence-electron chi connectivity index (χ3n) is 3.90. The molecule has 1 N–H and O–H groups in total. The molecule has 6 nitrogen and oxygen atoms in total. The van der Waals surface area contributed by atoms with Gasteiger partial charge in [0.2, 0.25) is 10.0 Å². The molecular formula is C14H22N2O4S. The molecule has 2 heterocycles. The quantitative estimate of drug-likeness (QED) is 0.903. The van der Waals surface area contributed by atoms with Crippen molar-refractivity contribution in [3.63, 3.8) is 0 Å². The zero-order chi connectivity index (χ0) is 15.6. The van der Waals surface area contributed by atoms with Crippen molar-refractivity contribution in [3.05, 3.63) is 18.0 Å². The number of hydrogen-bond acceptors (Lipinski definition) is 3. The lowest BCUT2D eigenvalue weighted by Crippen LogP contribution is -2.41. The van der Waals surface area contributed by atoms with Gasteiger partial charge in [0.05, 0.1) is 0 Å². The van der Waals surface area contributed by atoms with Crippen LogP contribution in [0.15, 0.2) is 17.2 Å². The van der Waals surface area contributed by atoms with Crippen LogP contribution in [0.5, 0.6) is 0 Å². The van der Waals surface area contributed by atoms with Crippen LogP contribution >= 0.6 is 0 Å². The summed E-state index contributed by atoms with van der Waals surface area (Å²) in [5, 5.41) is 9.20. The Hall–Kier alpha value is -1.34. The minimum Gasteiger partial charge on any atom is -0.477 e. The zero-order valence-electron chi connectivity index (χ0n) is 12.4. The number of carboxylic acids is 1.